The lowest BCUT2D eigenvalue weighted by Crippen LogP contribution is -2.11. The van der Waals surface area contributed by atoms with E-state index in [4.69, 9.17) is 0 Å². The first-order valence-corrected chi connectivity index (χ1v) is 7.50. The number of anilines is 1. The Hall–Kier alpha value is -0.790. The molecule has 100 valence electrons. The molecule has 0 radical (unpaired) electrons. The Labute approximate surface area is 129 Å². The van der Waals surface area contributed by atoms with Gasteiger partial charge in [-0.15, -0.1) is 11.3 Å². The zero-order valence-electron chi connectivity index (χ0n) is 9.56. The number of rotatable bonds is 2. The first-order valence-electron chi connectivity index (χ1n) is 5.10. The van der Waals surface area contributed by atoms with Crippen molar-refractivity contribution in [3.8, 4) is 0 Å². The molecule has 2 nitrogen and oxygen atoms in total. The maximum absolute atomic E-state index is 13.5. The van der Waals surface area contributed by atoms with Crippen molar-refractivity contribution in [2.24, 2.45) is 0 Å². The number of halogens is 4. The van der Waals surface area contributed by atoms with Crippen LogP contribution in [0.25, 0.3) is 0 Å². The van der Waals surface area contributed by atoms with Gasteiger partial charge in [-0.2, -0.15) is 0 Å². The molecular formula is C12H7Br2F2NOS. The summed E-state index contributed by atoms with van der Waals surface area (Å²) in [5, 5.41) is 2.41. The normalized spacial score (nSPS) is 10.6. The van der Waals surface area contributed by atoms with Crippen molar-refractivity contribution < 1.29 is 13.6 Å². The van der Waals surface area contributed by atoms with Crippen molar-refractivity contribution in [1.29, 1.82) is 0 Å². The van der Waals surface area contributed by atoms with Crippen LogP contribution < -0.4 is 5.32 Å². The number of benzene rings is 1. The van der Waals surface area contributed by atoms with Crippen LogP contribution in [0.3, 0.4) is 0 Å². The highest BCUT2D eigenvalue weighted by molar-refractivity contribution is 9.11. The van der Waals surface area contributed by atoms with Gasteiger partial charge in [0.25, 0.3) is 5.91 Å². The maximum atomic E-state index is 13.5. The molecule has 7 heteroatoms. The molecule has 0 saturated carbocycles. The first kappa shape index (κ1) is 14.6. The van der Waals surface area contributed by atoms with Crippen LogP contribution in [0.2, 0.25) is 0 Å². The highest BCUT2D eigenvalue weighted by Crippen LogP contribution is 2.29. The van der Waals surface area contributed by atoms with Crippen molar-refractivity contribution in [1.82, 2.24) is 0 Å². The van der Waals surface area contributed by atoms with Crippen LogP contribution in [0.1, 0.15) is 15.2 Å². The Morgan fingerprint density at radius 1 is 1.21 bits per heavy atom. The molecule has 2 rings (SSSR count). The highest BCUT2D eigenvalue weighted by Gasteiger charge is 2.15. The van der Waals surface area contributed by atoms with Gasteiger partial charge in [-0.25, -0.2) is 8.78 Å². The monoisotopic (exact) mass is 409 g/mol. The predicted octanol–water partition coefficient (Wildman–Crippen LogP) is 5.11. The van der Waals surface area contributed by atoms with E-state index >= 15 is 0 Å². The summed E-state index contributed by atoms with van der Waals surface area (Å²) >= 11 is 7.51. The number of carbonyl (C=O) groups excluding carboxylic acids is 1. The molecule has 1 N–H and O–H groups in total. The van der Waals surface area contributed by atoms with Gasteiger partial charge in [0.05, 0.1) is 18.8 Å². The predicted molar refractivity (Wildman–Crippen MR) is 78.8 cm³/mol. The molecule has 0 fully saturated rings. The summed E-state index contributed by atoms with van der Waals surface area (Å²) in [5.74, 6) is -1.97. The van der Waals surface area contributed by atoms with Gasteiger partial charge in [0.2, 0.25) is 0 Å². The average Bonchev–Trinajstić information content (AvgIpc) is 2.67. The molecule has 1 amide bonds. The average molecular weight is 411 g/mol. The number of thiophene rings is 1. The molecule has 0 saturated heterocycles. The van der Waals surface area contributed by atoms with Crippen molar-refractivity contribution in [2.75, 3.05) is 5.32 Å². The Morgan fingerprint density at radius 3 is 2.47 bits per heavy atom. The summed E-state index contributed by atoms with van der Waals surface area (Å²) in [6.45, 7) is 1.85. The van der Waals surface area contributed by atoms with E-state index < -0.39 is 17.5 Å². The van der Waals surface area contributed by atoms with Gasteiger partial charge in [0, 0.05) is 6.07 Å². The highest BCUT2D eigenvalue weighted by atomic mass is 79.9. The zero-order valence-corrected chi connectivity index (χ0v) is 13.5. The summed E-state index contributed by atoms with van der Waals surface area (Å²) in [5.41, 5.74) is 0.858. The van der Waals surface area contributed by atoms with E-state index in [2.05, 4.69) is 37.2 Å². The molecule has 0 aliphatic carbocycles. The minimum atomic E-state index is -0.818. The lowest BCUT2D eigenvalue weighted by atomic mass is 10.3. The van der Waals surface area contributed by atoms with Crippen LogP contribution in [-0.4, -0.2) is 5.91 Å². The van der Waals surface area contributed by atoms with Crippen molar-refractivity contribution in [3.63, 3.8) is 0 Å². The van der Waals surface area contributed by atoms with Crippen molar-refractivity contribution >= 4 is 54.8 Å². The Balaban J connectivity index is 2.26. The second kappa shape index (κ2) is 5.68. The second-order valence-corrected chi connectivity index (χ2v) is 6.99. The fourth-order valence-corrected chi connectivity index (χ4v) is 3.15. The van der Waals surface area contributed by atoms with E-state index in [1.54, 1.807) is 6.07 Å². The molecule has 0 aliphatic rings. The fraction of sp³-hybridized carbons (Fsp3) is 0.0833. The Morgan fingerprint density at radius 2 is 1.89 bits per heavy atom. The Kier molecular flexibility index (Phi) is 4.37. The third-order valence-electron chi connectivity index (χ3n) is 2.34. The van der Waals surface area contributed by atoms with E-state index in [-0.39, 0.29) is 10.2 Å². The minimum absolute atomic E-state index is 0.0690. The van der Waals surface area contributed by atoms with Crippen LogP contribution in [-0.2, 0) is 0 Å². The van der Waals surface area contributed by atoms with Gasteiger partial charge in [-0.05, 0) is 56.5 Å². The molecule has 2 aromatic rings. The lowest BCUT2D eigenvalue weighted by molar-refractivity contribution is 0.103. The van der Waals surface area contributed by atoms with Gasteiger partial charge in [-0.1, -0.05) is 0 Å². The molecule has 0 unspecified atom stereocenters. The summed E-state index contributed by atoms with van der Waals surface area (Å²) in [7, 11) is 0. The van der Waals surface area contributed by atoms with E-state index in [0.29, 0.717) is 4.88 Å². The molecule has 1 aromatic carbocycles. The summed E-state index contributed by atoms with van der Waals surface area (Å²) < 4.78 is 27.5. The summed E-state index contributed by atoms with van der Waals surface area (Å²) in [4.78, 5) is 12.4. The molecule has 0 bridgehead atoms. The van der Waals surface area contributed by atoms with Crippen LogP contribution in [0.15, 0.2) is 26.5 Å². The lowest BCUT2D eigenvalue weighted by Gasteiger charge is -2.06. The molecular weight excluding hydrogens is 404 g/mol. The van der Waals surface area contributed by atoms with Gasteiger partial charge in [0.15, 0.2) is 0 Å². The zero-order chi connectivity index (χ0) is 14.2. The van der Waals surface area contributed by atoms with Crippen molar-refractivity contribution in [3.05, 3.63) is 48.5 Å². The third-order valence-corrected chi connectivity index (χ3v) is 5.08. The number of hydrogen-bond acceptors (Lipinski definition) is 2. The standard InChI is InChI=1S/C12H7Br2F2NOS/c1-5-2-10(19-11(5)14)12(18)17-9-3-6(13)7(15)4-8(9)16/h2-4H,1H3,(H,17,18). The van der Waals surface area contributed by atoms with E-state index in [1.165, 1.54) is 17.4 Å². The Bertz CT molecular complexity index is 638. The van der Waals surface area contributed by atoms with Gasteiger partial charge in [0.1, 0.15) is 11.6 Å². The topological polar surface area (TPSA) is 29.1 Å². The molecule has 19 heavy (non-hydrogen) atoms. The van der Waals surface area contributed by atoms with Gasteiger partial charge >= 0.3 is 0 Å². The van der Waals surface area contributed by atoms with E-state index in [1.807, 2.05) is 6.92 Å². The first-order chi connectivity index (χ1) is 8.88. The molecule has 0 spiro atoms. The van der Waals surface area contributed by atoms with Crippen molar-refractivity contribution in [2.45, 2.75) is 6.92 Å². The molecule has 1 heterocycles. The van der Waals surface area contributed by atoms with E-state index in [9.17, 15) is 13.6 Å². The maximum Gasteiger partial charge on any atom is 0.265 e. The number of hydrogen-bond donors (Lipinski definition) is 1. The quantitative estimate of drug-likeness (QED) is 0.684. The second-order valence-electron chi connectivity index (χ2n) is 3.77. The SMILES string of the molecule is Cc1cc(C(=O)Nc2cc(Br)c(F)cc2F)sc1Br. The number of aryl methyl sites for hydroxylation is 1. The summed E-state index contributed by atoms with van der Waals surface area (Å²) in [6.07, 6.45) is 0. The molecule has 1 aromatic heterocycles. The van der Waals surface area contributed by atoms with Gasteiger partial charge < -0.3 is 5.32 Å². The number of nitrogens with one attached hydrogen (secondary N) is 1. The van der Waals surface area contributed by atoms with Crippen LogP contribution in [0.4, 0.5) is 14.5 Å². The van der Waals surface area contributed by atoms with Crippen LogP contribution >= 0.6 is 43.2 Å². The van der Waals surface area contributed by atoms with E-state index in [0.717, 1.165) is 15.4 Å². The minimum Gasteiger partial charge on any atom is -0.319 e. The fourth-order valence-electron chi connectivity index (χ4n) is 1.37. The molecule has 0 atom stereocenters. The number of amides is 1. The number of carbonyl (C=O) groups is 1. The largest absolute Gasteiger partial charge is 0.319 e. The van der Waals surface area contributed by atoms with Crippen LogP contribution in [0.5, 0.6) is 0 Å². The third kappa shape index (κ3) is 3.21. The van der Waals surface area contributed by atoms with Gasteiger partial charge in [-0.3, -0.25) is 4.79 Å². The smallest absolute Gasteiger partial charge is 0.265 e. The van der Waals surface area contributed by atoms with Crippen LogP contribution in [0, 0.1) is 18.6 Å². The molecule has 0 aliphatic heterocycles. The summed E-state index contributed by atoms with van der Waals surface area (Å²) in [6, 6.07) is 3.61.